The Bertz CT molecular complexity index is 3550. The third-order valence-corrected chi connectivity index (χ3v) is 12.8. The van der Waals surface area contributed by atoms with Crippen LogP contribution in [0.3, 0.4) is 0 Å². The molecule has 4 aromatic heterocycles. The molecule has 12 aromatic rings. The lowest BCUT2D eigenvalue weighted by Crippen LogP contribution is -1.98. The van der Waals surface area contributed by atoms with Crippen molar-refractivity contribution in [2.75, 3.05) is 0 Å². The molecular weight excluding hydrogens is 749 g/mol. The Hall–Kier alpha value is -7.73. The van der Waals surface area contributed by atoms with E-state index in [2.05, 4.69) is 211 Å². The highest BCUT2D eigenvalue weighted by atomic mass is 32.1. The highest BCUT2D eigenvalue weighted by Gasteiger charge is 2.18. The number of hydrogen-bond donors (Lipinski definition) is 0. The van der Waals surface area contributed by atoms with Gasteiger partial charge in [-0.25, -0.2) is 15.0 Å². The maximum absolute atomic E-state index is 5.41. The molecule has 0 aliphatic carbocycles. The summed E-state index contributed by atoms with van der Waals surface area (Å²) < 4.78 is 4.81. The van der Waals surface area contributed by atoms with Gasteiger partial charge in [-0.15, -0.1) is 11.3 Å². The summed E-state index contributed by atoms with van der Waals surface area (Å²) in [7, 11) is 0. The fourth-order valence-electron chi connectivity index (χ4n) is 8.75. The molecule has 4 nitrogen and oxygen atoms in total. The summed E-state index contributed by atoms with van der Waals surface area (Å²) in [6.07, 6.45) is 0. The number of hydrogen-bond acceptors (Lipinski definition) is 4. The van der Waals surface area contributed by atoms with Gasteiger partial charge in [0.1, 0.15) is 0 Å². The number of aromatic nitrogens is 4. The number of rotatable bonds is 6. The van der Waals surface area contributed by atoms with Crippen molar-refractivity contribution in [2.45, 2.75) is 0 Å². The number of fused-ring (bicyclic) bond motifs is 8. The van der Waals surface area contributed by atoms with E-state index in [-0.39, 0.29) is 0 Å². The Balaban J connectivity index is 1.02. The second-order valence-corrected chi connectivity index (χ2v) is 16.2. The predicted octanol–water partition coefficient (Wildman–Crippen LogP) is 14.8. The van der Waals surface area contributed by atoms with Crippen LogP contribution in [0.2, 0.25) is 0 Å². The molecule has 0 radical (unpaired) electrons. The molecule has 60 heavy (non-hydrogen) atoms. The van der Waals surface area contributed by atoms with E-state index < -0.39 is 0 Å². The Kier molecular flexibility index (Phi) is 8.00. The van der Waals surface area contributed by atoms with Gasteiger partial charge in [-0.05, 0) is 71.8 Å². The van der Waals surface area contributed by atoms with Crippen molar-refractivity contribution in [2.24, 2.45) is 0 Å². The highest BCUT2D eigenvalue weighted by Crippen LogP contribution is 2.41. The van der Waals surface area contributed by atoms with E-state index in [0.29, 0.717) is 5.82 Å². The van der Waals surface area contributed by atoms with E-state index >= 15 is 0 Å². The molecule has 0 fully saturated rings. The third kappa shape index (κ3) is 5.70. The molecule has 0 spiro atoms. The fourth-order valence-corrected chi connectivity index (χ4v) is 9.93. The Morgan fingerprint density at radius 3 is 1.58 bits per heavy atom. The number of nitrogens with zero attached hydrogens (tertiary/aromatic N) is 4. The van der Waals surface area contributed by atoms with Gasteiger partial charge < -0.3 is 4.57 Å². The second-order valence-electron chi connectivity index (χ2n) is 15.2. The molecule has 0 aliphatic heterocycles. The first-order valence-electron chi connectivity index (χ1n) is 20.2. The van der Waals surface area contributed by atoms with Gasteiger partial charge in [-0.2, -0.15) is 0 Å². The van der Waals surface area contributed by atoms with E-state index in [1.807, 2.05) is 11.3 Å². The largest absolute Gasteiger partial charge is 0.309 e. The van der Waals surface area contributed by atoms with E-state index in [1.165, 1.54) is 42.0 Å². The van der Waals surface area contributed by atoms with Gasteiger partial charge in [-0.1, -0.05) is 146 Å². The molecule has 0 N–H and O–H groups in total. The molecular formula is C55H34N4S. The zero-order chi connectivity index (χ0) is 39.6. The molecule has 5 heteroatoms. The zero-order valence-corrected chi connectivity index (χ0v) is 33.1. The van der Waals surface area contributed by atoms with Crippen LogP contribution in [0.5, 0.6) is 0 Å². The summed E-state index contributed by atoms with van der Waals surface area (Å²) in [4.78, 5) is 16.0. The van der Waals surface area contributed by atoms with Crippen LogP contribution in [0.4, 0.5) is 0 Å². The first-order valence-corrected chi connectivity index (χ1v) is 21.0. The summed E-state index contributed by atoms with van der Waals surface area (Å²) >= 11 is 1.81. The SMILES string of the molecule is c1ccc(-c2cccc(-c3cc(-c4cccc(-c5nc6c7ccccc7sc6c6ccccc56)c4)nc(-c4ccc(-n5c6ccccc6c6ccccc65)cc4)n3)c2)cc1. The van der Waals surface area contributed by atoms with Crippen molar-refractivity contribution in [3.8, 4) is 62.0 Å². The average molecular weight is 783 g/mol. The quantitative estimate of drug-likeness (QED) is 0.169. The average Bonchev–Trinajstić information content (AvgIpc) is 3.88. The standard InChI is InChI=1S/C55H34N4S/c1-2-14-35(15-3-1)37-16-12-17-38(32-37)47-34-48(57-55(56-47)36-28-30-41(31-29-36)59-49-25-9-6-20-42(49)43-21-7-10-26-50(43)59)39-18-13-19-40(33-39)52-44-22-4-5-23-45(44)54-53(58-52)46-24-8-11-27-51(46)60-54/h1-34H. The van der Waals surface area contributed by atoms with Gasteiger partial charge in [0.25, 0.3) is 0 Å². The molecule has 0 amide bonds. The van der Waals surface area contributed by atoms with Crippen LogP contribution in [0.1, 0.15) is 0 Å². The monoisotopic (exact) mass is 782 g/mol. The minimum atomic E-state index is 0.668. The van der Waals surface area contributed by atoms with Crippen molar-refractivity contribution >= 4 is 64.2 Å². The molecule has 0 unspecified atom stereocenters. The van der Waals surface area contributed by atoms with E-state index in [0.717, 1.165) is 67.1 Å². The Morgan fingerprint density at radius 2 is 0.883 bits per heavy atom. The molecule has 12 rings (SSSR count). The van der Waals surface area contributed by atoms with Gasteiger partial charge in [0, 0.05) is 59.6 Å². The van der Waals surface area contributed by atoms with Crippen LogP contribution in [-0.4, -0.2) is 19.5 Å². The summed E-state index contributed by atoms with van der Waals surface area (Å²) in [5.74, 6) is 0.668. The number of benzene rings is 8. The molecule has 8 aromatic carbocycles. The molecule has 280 valence electrons. The first kappa shape index (κ1) is 34.3. The van der Waals surface area contributed by atoms with Crippen molar-refractivity contribution in [3.63, 3.8) is 0 Å². The summed E-state index contributed by atoms with van der Waals surface area (Å²) in [5.41, 5.74) is 13.5. The summed E-state index contributed by atoms with van der Waals surface area (Å²) in [6.45, 7) is 0. The minimum Gasteiger partial charge on any atom is -0.309 e. The van der Waals surface area contributed by atoms with Crippen LogP contribution in [0.25, 0.3) is 115 Å². The number of para-hydroxylation sites is 2. The van der Waals surface area contributed by atoms with Crippen LogP contribution in [0.15, 0.2) is 206 Å². The third-order valence-electron chi connectivity index (χ3n) is 11.6. The molecule has 0 aliphatic rings. The number of thiophene rings is 1. The van der Waals surface area contributed by atoms with E-state index in [4.69, 9.17) is 15.0 Å². The lowest BCUT2D eigenvalue weighted by molar-refractivity contribution is 1.16. The lowest BCUT2D eigenvalue weighted by atomic mass is 9.98. The van der Waals surface area contributed by atoms with Gasteiger partial charge in [0.05, 0.1) is 38.3 Å². The predicted molar refractivity (Wildman–Crippen MR) is 252 cm³/mol. The molecule has 0 saturated carbocycles. The molecule has 0 atom stereocenters. The van der Waals surface area contributed by atoms with Crippen molar-refractivity contribution in [1.82, 2.24) is 19.5 Å². The fraction of sp³-hybridized carbons (Fsp3) is 0. The van der Waals surface area contributed by atoms with Crippen LogP contribution >= 0.6 is 11.3 Å². The van der Waals surface area contributed by atoms with E-state index in [9.17, 15) is 0 Å². The zero-order valence-electron chi connectivity index (χ0n) is 32.3. The maximum atomic E-state index is 5.41. The molecule has 0 saturated heterocycles. The van der Waals surface area contributed by atoms with Gasteiger partial charge in [-0.3, -0.25) is 0 Å². The van der Waals surface area contributed by atoms with Gasteiger partial charge >= 0.3 is 0 Å². The van der Waals surface area contributed by atoms with Crippen LogP contribution in [-0.2, 0) is 0 Å². The van der Waals surface area contributed by atoms with Crippen LogP contribution in [0, 0.1) is 0 Å². The second kappa shape index (κ2) is 14.0. The van der Waals surface area contributed by atoms with E-state index in [1.54, 1.807) is 0 Å². The first-order chi connectivity index (χ1) is 29.7. The van der Waals surface area contributed by atoms with Crippen molar-refractivity contribution in [3.05, 3.63) is 206 Å². The normalized spacial score (nSPS) is 11.7. The Morgan fingerprint density at radius 1 is 0.350 bits per heavy atom. The summed E-state index contributed by atoms with van der Waals surface area (Å²) in [5, 5.41) is 6.03. The number of pyridine rings is 1. The maximum Gasteiger partial charge on any atom is 0.160 e. The highest BCUT2D eigenvalue weighted by molar-refractivity contribution is 7.26. The summed E-state index contributed by atoms with van der Waals surface area (Å²) in [6, 6.07) is 73.0. The van der Waals surface area contributed by atoms with Gasteiger partial charge in [0.15, 0.2) is 5.82 Å². The smallest absolute Gasteiger partial charge is 0.160 e. The molecule has 0 bridgehead atoms. The van der Waals surface area contributed by atoms with Crippen molar-refractivity contribution < 1.29 is 0 Å². The van der Waals surface area contributed by atoms with Crippen molar-refractivity contribution in [1.29, 1.82) is 0 Å². The minimum absolute atomic E-state index is 0.668. The topological polar surface area (TPSA) is 43.6 Å². The molecule has 4 heterocycles. The van der Waals surface area contributed by atoms with Gasteiger partial charge in [0.2, 0.25) is 0 Å². The van der Waals surface area contributed by atoms with Crippen LogP contribution < -0.4 is 0 Å². The lowest BCUT2D eigenvalue weighted by Gasteiger charge is -2.13. The Labute approximate surface area is 350 Å².